The molecule has 4 heteroatoms. The number of benzene rings is 1. The van der Waals surface area contributed by atoms with E-state index >= 15 is 0 Å². The number of nitriles is 1. The average Bonchev–Trinajstić information content (AvgIpc) is 2.25. The lowest BCUT2D eigenvalue weighted by Crippen LogP contribution is -1.91. The number of nitrogens with zero attached hydrogens (tertiary/aromatic N) is 1. The Morgan fingerprint density at radius 3 is 3.00 bits per heavy atom. The number of rotatable bonds is 5. The highest BCUT2D eigenvalue weighted by molar-refractivity contribution is 9.10. The lowest BCUT2D eigenvalue weighted by Gasteiger charge is -2.04. The fraction of sp³-hybridized carbons (Fsp3) is 0.364. The topological polar surface area (TPSA) is 33.0 Å². The molecule has 0 bridgehead atoms. The maximum atomic E-state index is 8.91. The highest BCUT2D eigenvalue weighted by atomic mass is 79.9. The second-order valence-corrected chi connectivity index (χ2v) is 5.00. The van der Waals surface area contributed by atoms with Crippen LogP contribution >= 0.6 is 27.7 Å². The van der Waals surface area contributed by atoms with Crippen molar-refractivity contribution >= 4 is 27.7 Å². The fourth-order valence-corrected chi connectivity index (χ4v) is 2.57. The van der Waals surface area contributed by atoms with Crippen LogP contribution in [0.25, 0.3) is 0 Å². The molecule has 1 rings (SSSR count). The van der Waals surface area contributed by atoms with E-state index in [0.29, 0.717) is 0 Å². The van der Waals surface area contributed by atoms with Crippen LogP contribution in [0.2, 0.25) is 0 Å². The predicted molar refractivity (Wildman–Crippen MR) is 66.1 cm³/mol. The molecule has 0 amide bonds. The molecular formula is C11H12BrNOS. The number of hydrogen-bond donors (Lipinski definition) is 0. The van der Waals surface area contributed by atoms with E-state index in [9.17, 15) is 0 Å². The molecule has 0 fully saturated rings. The highest BCUT2D eigenvalue weighted by Crippen LogP contribution is 2.26. The zero-order chi connectivity index (χ0) is 11.1. The van der Waals surface area contributed by atoms with Crippen molar-refractivity contribution < 1.29 is 4.74 Å². The van der Waals surface area contributed by atoms with Crippen molar-refractivity contribution in [3.8, 4) is 6.07 Å². The predicted octanol–water partition coefficient (Wildman–Crippen LogP) is 3.45. The van der Waals surface area contributed by atoms with E-state index in [-0.39, 0.29) is 0 Å². The molecule has 0 spiro atoms. The number of thioether (sulfide) groups is 1. The summed E-state index contributed by atoms with van der Waals surface area (Å²) in [4.78, 5) is 1.03. The monoisotopic (exact) mass is 285 g/mol. The van der Waals surface area contributed by atoms with E-state index in [1.54, 1.807) is 18.9 Å². The van der Waals surface area contributed by atoms with Crippen LogP contribution in [0.5, 0.6) is 0 Å². The Morgan fingerprint density at radius 2 is 2.33 bits per heavy atom. The molecule has 0 aliphatic rings. The van der Waals surface area contributed by atoms with Crippen molar-refractivity contribution in [2.75, 3.05) is 19.5 Å². The summed E-state index contributed by atoms with van der Waals surface area (Å²) in [5, 5.41) is 8.91. The lowest BCUT2D eigenvalue weighted by atomic mass is 10.2. The summed E-state index contributed by atoms with van der Waals surface area (Å²) in [6.45, 7) is 0.767. The third kappa shape index (κ3) is 4.25. The Morgan fingerprint density at radius 1 is 1.53 bits per heavy atom. The minimum Gasteiger partial charge on any atom is -0.385 e. The van der Waals surface area contributed by atoms with E-state index in [4.69, 9.17) is 10.00 Å². The summed E-state index contributed by atoms with van der Waals surface area (Å²) >= 11 is 5.09. The molecule has 0 heterocycles. The summed E-state index contributed by atoms with van der Waals surface area (Å²) < 4.78 is 5.98. The van der Waals surface area contributed by atoms with Crippen LogP contribution in [0.4, 0.5) is 0 Å². The highest BCUT2D eigenvalue weighted by Gasteiger charge is 2.02. The number of methoxy groups -OCH3 is 1. The van der Waals surface area contributed by atoms with Crippen molar-refractivity contribution in [1.29, 1.82) is 5.26 Å². The van der Waals surface area contributed by atoms with Gasteiger partial charge in [0, 0.05) is 28.8 Å². The van der Waals surface area contributed by atoms with Gasteiger partial charge in [-0.1, -0.05) is 15.9 Å². The van der Waals surface area contributed by atoms with Gasteiger partial charge < -0.3 is 4.74 Å². The zero-order valence-corrected chi connectivity index (χ0v) is 10.9. The van der Waals surface area contributed by atoms with Gasteiger partial charge in [0.25, 0.3) is 0 Å². The molecule has 0 atom stereocenters. The molecule has 0 N–H and O–H groups in total. The Bertz CT molecular complexity index is 362. The van der Waals surface area contributed by atoms with Crippen molar-refractivity contribution in [3.63, 3.8) is 0 Å². The first kappa shape index (κ1) is 12.6. The van der Waals surface area contributed by atoms with Gasteiger partial charge in [0.2, 0.25) is 0 Å². The number of halogens is 1. The molecule has 0 saturated carbocycles. The second kappa shape index (κ2) is 6.89. The Kier molecular flexibility index (Phi) is 5.77. The molecule has 80 valence electrons. The molecule has 0 aromatic heterocycles. The van der Waals surface area contributed by atoms with Crippen LogP contribution in [0, 0.1) is 11.3 Å². The molecular weight excluding hydrogens is 274 g/mol. The van der Waals surface area contributed by atoms with Crippen LogP contribution < -0.4 is 0 Å². The van der Waals surface area contributed by atoms with Crippen molar-refractivity contribution in [2.45, 2.75) is 11.3 Å². The minimum atomic E-state index is 0.737. The normalized spacial score (nSPS) is 9.93. The molecule has 1 aromatic rings. The van der Waals surface area contributed by atoms with Crippen molar-refractivity contribution in [1.82, 2.24) is 0 Å². The van der Waals surface area contributed by atoms with Gasteiger partial charge in [-0.25, -0.2) is 0 Å². The van der Waals surface area contributed by atoms with Crippen LogP contribution in [-0.2, 0) is 4.74 Å². The third-order valence-electron chi connectivity index (χ3n) is 1.81. The zero-order valence-electron chi connectivity index (χ0n) is 8.50. The molecule has 0 aliphatic carbocycles. The molecule has 0 radical (unpaired) electrons. The first-order chi connectivity index (χ1) is 7.27. The van der Waals surface area contributed by atoms with Gasteiger partial charge in [-0.15, -0.1) is 11.8 Å². The smallest absolute Gasteiger partial charge is 0.100 e. The SMILES string of the molecule is COCCCSc1cc(Br)ccc1C#N. The first-order valence-electron chi connectivity index (χ1n) is 4.59. The van der Waals surface area contributed by atoms with Crippen molar-refractivity contribution in [3.05, 3.63) is 28.2 Å². The third-order valence-corrected chi connectivity index (χ3v) is 3.45. The van der Waals surface area contributed by atoms with Crippen LogP contribution in [-0.4, -0.2) is 19.5 Å². The molecule has 0 unspecified atom stereocenters. The number of ether oxygens (including phenoxy) is 1. The van der Waals surface area contributed by atoms with Crippen LogP contribution in [0.15, 0.2) is 27.6 Å². The minimum absolute atomic E-state index is 0.737. The standard InChI is InChI=1S/C11H12BrNOS/c1-14-5-2-6-15-11-7-10(12)4-3-9(11)8-13/h3-4,7H,2,5-6H2,1H3. The fourth-order valence-electron chi connectivity index (χ4n) is 1.09. The summed E-state index contributed by atoms with van der Waals surface area (Å²) in [6, 6.07) is 7.90. The van der Waals surface area contributed by atoms with Crippen molar-refractivity contribution in [2.24, 2.45) is 0 Å². The number of hydrogen-bond acceptors (Lipinski definition) is 3. The maximum Gasteiger partial charge on any atom is 0.100 e. The van der Waals surface area contributed by atoms with Gasteiger partial charge in [0.05, 0.1) is 5.56 Å². The Hall–Kier alpha value is -0.500. The Labute approximate surface area is 103 Å². The quantitative estimate of drug-likeness (QED) is 0.614. The van der Waals surface area contributed by atoms with Crippen LogP contribution in [0.3, 0.4) is 0 Å². The molecule has 0 saturated heterocycles. The Balaban J connectivity index is 2.59. The largest absolute Gasteiger partial charge is 0.385 e. The first-order valence-corrected chi connectivity index (χ1v) is 6.37. The summed E-state index contributed by atoms with van der Waals surface area (Å²) in [6.07, 6.45) is 0.999. The van der Waals surface area contributed by atoms with E-state index < -0.39 is 0 Å². The molecule has 15 heavy (non-hydrogen) atoms. The maximum absolute atomic E-state index is 8.91. The van der Waals surface area contributed by atoms with Crippen LogP contribution in [0.1, 0.15) is 12.0 Å². The summed E-state index contributed by atoms with van der Waals surface area (Å²) in [5.41, 5.74) is 0.737. The van der Waals surface area contributed by atoms with E-state index in [0.717, 1.165) is 33.7 Å². The van der Waals surface area contributed by atoms with Gasteiger partial charge in [-0.05, 0) is 24.6 Å². The van der Waals surface area contributed by atoms with Gasteiger partial charge in [-0.2, -0.15) is 5.26 Å². The van der Waals surface area contributed by atoms with Gasteiger partial charge in [0.15, 0.2) is 0 Å². The van der Waals surface area contributed by atoms with Gasteiger partial charge >= 0.3 is 0 Å². The van der Waals surface area contributed by atoms with Gasteiger partial charge in [-0.3, -0.25) is 0 Å². The summed E-state index contributed by atoms with van der Waals surface area (Å²) in [5.74, 6) is 0.971. The van der Waals surface area contributed by atoms with Gasteiger partial charge in [0.1, 0.15) is 6.07 Å². The van der Waals surface area contributed by atoms with E-state index in [1.807, 2.05) is 18.2 Å². The molecule has 2 nitrogen and oxygen atoms in total. The molecule has 1 aromatic carbocycles. The second-order valence-electron chi connectivity index (χ2n) is 2.95. The average molecular weight is 286 g/mol. The lowest BCUT2D eigenvalue weighted by molar-refractivity contribution is 0.200. The summed E-state index contributed by atoms with van der Waals surface area (Å²) in [7, 11) is 1.70. The van der Waals surface area contributed by atoms with E-state index in [1.165, 1.54) is 0 Å². The van der Waals surface area contributed by atoms with E-state index in [2.05, 4.69) is 22.0 Å². The molecule has 0 aliphatic heterocycles.